The van der Waals surface area contributed by atoms with Crippen molar-refractivity contribution in [1.29, 1.82) is 0 Å². The smallest absolute Gasteiger partial charge is 0.153 e. The van der Waals surface area contributed by atoms with Crippen molar-refractivity contribution in [2.75, 3.05) is 6.54 Å². The van der Waals surface area contributed by atoms with Gasteiger partial charge >= 0.3 is 0 Å². The number of piperidine rings is 1. The summed E-state index contributed by atoms with van der Waals surface area (Å²) >= 11 is 0. The summed E-state index contributed by atoms with van der Waals surface area (Å²) in [5, 5.41) is 10.8. The number of nitrogens with zero attached hydrogens (tertiary/aromatic N) is 2. The third-order valence-electron chi connectivity index (χ3n) is 3.10. The lowest BCUT2D eigenvalue weighted by atomic mass is 10.0. The molecule has 0 bridgehead atoms. The van der Waals surface area contributed by atoms with E-state index in [0.29, 0.717) is 12.0 Å². The van der Waals surface area contributed by atoms with Crippen LogP contribution in [0.25, 0.3) is 0 Å². The summed E-state index contributed by atoms with van der Waals surface area (Å²) in [4.78, 5) is 4.57. The Morgan fingerprint density at radius 2 is 2.07 bits per heavy atom. The van der Waals surface area contributed by atoms with Crippen molar-refractivity contribution in [3.63, 3.8) is 0 Å². The highest BCUT2D eigenvalue weighted by Crippen LogP contribution is 2.38. The summed E-state index contributed by atoms with van der Waals surface area (Å²) < 4.78 is 0. The Balaban J connectivity index is 1.74. The fourth-order valence-corrected chi connectivity index (χ4v) is 2.05. The summed E-state index contributed by atoms with van der Waals surface area (Å²) in [5.41, 5.74) is 0. The van der Waals surface area contributed by atoms with Gasteiger partial charge in [0, 0.05) is 5.92 Å². The van der Waals surface area contributed by atoms with Gasteiger partial charge in [-0.3, -0.25) is 5.10 Å². The molecule has 2 N–H and O–H groups in total. The SMILES string of the molecule is C1CC[C@H](c2nc(C3CC3)n[nH]2)NC1. The molecular weight excluding hydrogens is 176 g/mol. The van der Waals surface area contributed by atoms with Gasteiger partial charge in [-0.25, -0.2) is 4.98 Å². The van der Waals surface area contributed by atoms with Gasteiger partial charge in [-0.05, 0) is 32.2 Å². The second-order valence-corrected chi connectivity index (χ2v) is 4.36. The van der Waals surface area contributed by atoms with Gasteiger partial charge in [-0.15, -0.1) is 0 Å². The van der Waals surface area contributed by atoms with Crippen LogP contribution < -0.4 is 5.32 Å². The van der Waals surface area contributed by atoms with Crippen molar-refractivity contribution in [2.24, 2.45) is 0 Å². The summed E-state index contributed by atoms with van der Waals surface area (Å²) in [6.07, 6.45) is 6.33. The molecular formula is C10H16N4. The van der Waals surface area contributed by atoms with E-state index < -0.39 is 0 Å². The summed E-state index contributed by atoms with van der Waals surface area (Å²) in [5.74, 6) is 2.74. The van der Waals surface area contributed by atoms with Crippen LogP contribution in [0.15, 0.2) is 0 Å². The van der Waals surface area contributed by atoms with E-state index in [1.165, 1.54) is 32.1 Å². The molecule has 4 nitrogen and oxygen atoms in total. The summed E-state index contributed by atoms with van der Waals surface area (Å²) in [6, 6.07) is 0.420. The fraction of sp³-hybridized carbons (Fsp3) is 0.800. The Morgan fingerprint density at radius 1 is 1.14 bits per heavy atom. The molecule has 1 atom stereocenters. The molecule has 0 radical (unpaired) electrons. The maximum atomic E-state index is 4.57. The van der Waals surface area contributed by atoms with Gasteiger partial charge in [0.15, 0.2) is 5.82 Å². The normalized spacial score (nSPS) is 27.9. The van der Waals surface area contributed by atoms with Crippen LogP contribution in [0.3, 0.4) is 0 Å². The largest absolute Gasteiger partial charge is 0.307 e. The van der Waals surface area contributed by atoms with Gasteiger partial charge in [-0.2, -0.15) is 5.10 Å². The van der Waals surface area contributed by atoms with Crippen LogP contribution in [0, 0.1) is 0 Å². The highest BCUT2D eigenvalue weighted by atomic mass is 15.2. The van der Waals surface area contributed by atoms with Crippen LogP contribution in [-0.4, -0.2) is 21.7 Å². The zero-order valence-electron chi connectivity index (χ0n) is 8.29. The van der Waals surface area contributed by atoms with Gasteiger partial charge in [-0.1, -0.05) is 6.42 Å². The Morgan fingerprint density at radius 3 is 2.79 bits per heavy atom. The first-order valence-electron chi connectivity index (χ1n) is 5.59. The maximum absolute atomic E-state index is 4.57. The number of nitrogens with one attached hydrogen (secondary N) is 2. The first-order chi connectivity index (χ1) is 6.93. The molecule has 1 saturated carbocycles. The van der Waals surface area contributed by atoms with E-state index in [1.807, 2.05) is 0 Å². The first kappa shape index (κ1) is 8.41. The van der Waals surface area contributed by atoms with Crippen molar-refractivity contribution in [2.45, 2.75) is 44.1 Å². The van der Waals surface area contributed by atoms with Crippen LogP contribution in [0.2, 0.25) is 0 Å². The zero-order valence-corrected chi connectivity index (χ0v) is 8.29. The van der Waals surface area contributed by atoms with Crippen molar-refractivity contribution in [3.8, 4) is 0 Å². The number of hydrogen-bond acceptors (Lipinski definition) is 3. The molecule has 2 aliphatic rings. The van der Waals surface area contributed by atoms with E-state index in [-0.39, 0.29) is 0 Å². The van der Waals surface area contributed by atoms with E-state index in [0.717, 1.165) is 18.2 Å². The lowest BCUT2D eigenvalue weighted by molar-refractivity contribution is 0.398. The second-order valence-electron chi connectivity index (χ2n) is 4.36. The molecule has 3 rings (SSSR count). The van der Waals surface area contributed by atoms with E-state index in [9.17, 15) is 0 Å². The lowest BCUT2D eigenvalue weighted by Crippen LogP contribution is -2.27. The quantitative estimate of drug-likeness (QED) is 0.746. The highest BCUT2D eigenvalue weighted by Gasteiger charge is 2.29. The standard InChI is InChI=1S/C10H16N4/c1-2-6-11-8(3-1)10-12-9(13-14-10)7-4-5-7/h7-8,11H,1-6H2,(H,12,13,14)/t8-/m1/s1. The molecule has 76 valence electrons. The minimum absolute atomic E-state index is 0.420. The van der Waals surface area contributed by atoms with Gasteiger partial charge in [0.1, 0.15) is 5.82 Å². The topological polar surface area (TPSA) is 53.6 Å². The predicted octanol–water partition coefficient (Wildman–Crippen LogP) is 1.50. The van der Waals surface area contributed by atoms with Gasteiger partial charge in [0.05, 0.1) is 6.04 Å². The summed E-state index contributed by atoms with van der Waals surface area (Å²) in [7, 11) is 0. The highest BCUT2D eigenvalue weighted by molar-refractivity contribution is 5.07. The Bertz CT molecular complexity index is 310. The number of rotatable bonds is 2. The molecule has 4 heteroatoms. The van der Waals surface area contributed by atoms with Gasteiger partial charge < -0.3 is 5.32 Å². The van der Waals surface area contributed by atoms with Crippen molar-refractivity contribution in [1.82, 2.24) is 20.5 Å². The molecule has 1 aromatic rings. The Hall–Kier alpha value is -0.900. The van der Waals surface area contributed by atoms with E-state index in [4.69, 9.17) is 0 Å². The number of H-pyrrole nitrogens is 1. The third-order valence-corrected chi connectivity index (χ3v) is 3.10. The first-order valence-corrected chi connectivity index (χ1v) is 5.59. The molecule has 1 aromatic heterocycles. The molecule has 1 saturated heterocycles. The molecule has 0 aromatic carbocycles. The Kier molecular flexibility index (Phi) is 2.01. The van der Waals surface area contributed by atoms with E-state index in [1.54, 1.807) is 0 Å². The van der Waals surface area contributed by atoms with Crippen LogP contribution in [0.1, 0.15) is 55.7 Å². The second kappa shape index (κ2) is 3.35. The van der Waals surface area contributed by atoms with Crippen molar-refractivity contribution < 1.29 is 0 Å². The van der Waals surface area contributed by atoms with Crippen LogP contribution in [0.4, 0.5) is 0 Å². The van der Waals surface area contributed by atoms with Crippen molar-refractivity contribution >= 4 is 0 Å². The lowest BCUT2D eigenvalue weighted by Gasteiger charge is -2.20. The number of aromatic amines is 1. The molecule has 2 fully saturated rings. The van der Waals surface area contributed by atoms with Crippen molar-refractivity contribution in [3.05, 3.63) is 11.6 Å². The van der Waals surface area contributed by atoms with E-state index >= 15 is 0 Å². The minimum Gasteiger partial charge on any atom is -0.307 e. The molecule has 0 amide bonds. The van der Waals surface area contributed by atoms with E-state index in [2.05, 4.69) is 20.5 Å². The Labute approximate surface area is 83.5 Å². The molecule has 2 heterocycles. The van der Waals surface area contributed by atoms with Gasteiger partial charge in [0.25, 0.3) is 0 Å². The average Bonchev–Trinajstić information content (AvgIpc) is 2.98. The molecule has 0 unspecified atom stereocenters. The predicted molar refractivity (Wildman–Crippen MR) is 53.0 cm³/mol. The maximum Gasteiger partial charge on any atom is 0.153 e. The average molecular weight is 192 g/mol. The van der Waals surface area contributed by atoms with Crippen LogP contribution in [-0.2, 0) is 0 Å². The van der Waals surface area contributed by atoms with Crippen LogP contribution >= 0.6 is 0 Å². The molecule has 0 spiro atoms. The number of aromatic nitrogens is 3. The fourth-order valence-electron chi connectivity index (χ4n) is 2.05. The van der Waals surface area contributed by atoms with Gasteiger partial charge in [0.2, 0.25) is 0 Å². The molecule has 1 aliphatic carbocycles. The number of hydrogen-bond donors (Lipinski definition) is 2. The summed E-state index contributed by atoms with van der Waals surface area (Å²) in [6.45, 7) is 1.12. The molecule has 14 heavy (non-hydrogen) atoms. The third kappa shape index (κ3) is 1.54. The molecule has 1 aliphatic heterocycles. The monoisotopic (exact) mass is 192 g/mol. The minimum atomic E-state index is 0.420. The zero-order chi connectivity index (χ0) is 9.38. The van der Waals surface area contributed by atoms with Crippen LogP contribution in [0.5, 0.6) is 0 Å².